The lowest BCUT2D eigenvalue weighted by molar-refractivity contribution is -0.112. The van der Waals surface area contributed by atoms with Gasteiger partial charge in [0.05, 0.1) is 11.3 Å². The van der Waals surface area contributed by atoms with E-state index in [1.165, 1.54) is 13.0 Å². The van der Waals surface area contributed by atoms with Gasteiger partial charge in [-0.2, -0.15) is 5.26 Å². The monoisotopic (exact) mass is 331 g/mol. The summed E-state index contributed by atoms with van der Waals surface area (Å²) in [7, 11) is 1.68. The highest BCUT2D eigenvalue weighted by molar-refractivity contribution is 7.99. The number of nitrogens with zero attached hydrogens (tertiary/aromatic N) is 4. The van der Waals surface area contributed by atoms with Gasteiger partial charge in [0.15, 0.2) is 16.8 Å². The minimum atomic E-state index is -0.399. The van der Waals surface area contributed by atoms with Crippen LogP contribution in [-0.4, -0.2) is 26.3 Å². The van der Waals surface area contributed by atoms with Crippen LogP contribution < -0.4 is 5.73 Å². The van der Waals surface area contributed by atoms with Gasteiger partial charge in [-0.05, 0) is 19.1 Å². The quantitative estimate of drug-likeness (QED) is 0.511. The van der Waals surface area contributed by atoms with Crippen molar-refractivity contribution in [2.45, 2.75) is 12.1 Å². The third-order valence-corrected chi connectivity index (χ3v) is 4.09. The summed E-state index contributed by atoms with van der Waals surface area (Å²) in [5.74, 6) is -0.415. The summed E-state index contributed by atoms with van der Waals surface area (Å²) in [6, 6.07) is 8.03. The van der Waals surface area contributed by atoms with Gasteiger partial charge in [0.25, 0.3) is 0 Å². The fourth-order valence-electron chi connectivity index (χ4n) is 1.89. The van der Waals surface area contributed by atoms with Gasteiger partial charge in [-0.15, -0.1) is 10.2 Å². The van der Waals surface area contributed by atoms with Crippen molar-refractivity contribution in [3.05, 3.63) is 41.4 Å². The highest BCUT2D eigenvalue weighted by Gasteiger charge is 2.17. The van der Waals surface area contributed by atoms with Crippen LogP contribution in [-0.2, 0) is 11.8 Å². The average Bonchev–Trinajstić information content (AvgIpc) is 2.87. The molecule has 118 valence electrons. The molecule has 1 heterocycles. The van der Waals surface area contributed by atoms with Crippen LogP contribution in [0.2, 0.25) is 0 Å². The summed E-state index contributed by atoms with van der Waals surface area (Å²) in [6.45, 7) is 1.50. The number of benzene rings is 1. The van der Waals surface area contributed by atoms with Crippen LogP contribution >= 0.6 is 11.8 Å². The van der Waals surface area contributed by atoms with E-state index in [1.54, 1.807) is 35.9 Å². The molecule has 23 heavy (non-hydrogen) atoms. The number of hydrogen-bond acceptors (Lipinski definition) is 6. The Labute approximate surface area is 136 Å². The maximum absolute atomic E-state index is 13.8. The van der Waals surface area contributed by atoms with E-state index in [2.05, 4.69) is 10.2 Å². The van der Waals surface area contributed by atoms with E-state index in [4.69, 9.17) is 11.0 Å². The van der Waals surface area contributed by atoms with Gasteiger partial charge in [-0.3, -0.25) is 4.79 Å². The predicted octanol–water partition coefficient (Wildman–Crippen LogP) is 2.04. The van der Waals surface area contributed by atoms with Crippen molar-refractivity contribution in [1.29, 1.82) is 5.26 Å². The number of ketones is 1. The minimum absolute atomic E-state index is 0.000673. The Balaban J connectivity index is 2.19. The number of carbonyl (C=O) groups excluding carboxylic acids is 1. The predicted molar refractivity (Wildman–Crippen MR) is 84.6 cm³/mol. The lowest BCUT2D eigenvalue weighted by atomic mass is 10.2. The highest BCUT2D eigenvalue weighted by atomic mass is 32.2. The number of carbonyl (C=O) groups is 1. The number of thioether (sulfide) groups is 1. The van der Waals surface area contributed by atoms with Crippen LogP contribution in [0.15, 0.2) is 40.7 Å². The molecule has 6 nitrogen and oxygen atoms in total. The Bertz CT molecular complexity index is 818. The van der Waals surface area contributed by atoms with E-state index in [-0.39, 0.29) is 22.8 Å². The normalized spacial score (nSPS) is 11.7. The van der Waals surface area contributed by atoms with Crippen LogP contribution in [0.5, 0.6) is 0 Å². The number of allylic oxidation sites excluding steroid dienone is 2. The van der Waals surface area contributed by atoms with Gasteiger partial charge in [0.2, 0.25) is 0 Å². The van der Waals surface area contributed by atoms with Gasteiger partial charge in [-0.25, -0.2) is 4.39 Å². The van der Waals surface area contributed by atoms with E-state index < -0.39 is 5.82 Å². The number of halogens is 1. The second kappa shape index (κ2) is 7.07. The van der Waals surface area contributed by atoms with Gasteiger partial charge >= 0.3 is 0 Å². The maximum Gasteiger partial charge on any atom is 0.191 e. The Morgan fingerprint density at radius 1 is 1.43 bits per heavy atom. The van der Waals surface area contributed by atoms with Crippen LogP contribution in [0.4, 0.5) is 4.39 Å². The SMILES string of the molecule is C/C(N)=C(/C#N)C(=O)CSc1nnc(-c2ccccc2F)n1C. The van der Waals surface area contributed by atoms with Crippen molar-refractivity contribution in [2.75, 3.05) is 5.75 Å². The molecule has 0 saturated carbocycles. The van der Waals surface area contributed by atoms with E-state index >= 15 is 0 Å². The molecule has 0 atom stereocenters. The molecule has 2 aromatic rings. The molecule has 8 heteroatoms. The number of Topliss-reactive ketones (excluding diaryl/α,β-unsaturated/α-hetero) is 1. The molecule has 1 aromatic carbocycles. The fourth-order valence-corrected chi connectivity index (χ4v) is 2.67. The number of nitriles is 1. The van der Waals surface area contributed by atoms with E-state index in [0.717, 1.165) is 11.8 Å². The van der Waals surface area contributed by atoms with E-state index in [9.17, 15) is 9.18 Å². The third-order valence-electron chi connectivity index (χ3n) is 3.07. The molecule has 2 rings (SSSR count). The lowest BCUT2D eigenvalue weighted by Crippen LogP contribution is -2.10. The molecule has 0 saturated heterocycles. The molecule has 0 radical (unpaired) electrons. The zero-order valence-corrected chi connectivity index (χ0v) is 13.4. The smallest absolute Gasteiger partial charge is 0.191 e. The highest BCUT2D eigenvalue weighted by Crippen LogP contribution is 2.25. The minimum Gasteiger partial charge on any atom is -0.401 e. The first-order valence-electron chi connectivity index (χ1n) is 6.62. The summed E-state index contributed by atoms with van der Waals surface area (Å²) < 4.78 is 15.4. The van der Waals surface area contributed by atoms with Gasteiger partial charge in [-0.1, -0.05) is 23.9 Å². The molecule has 0 aliphatic carbocycles. The standard InChI is InChI=1S/C15H14FN5OS/c1-9(18)11(7-17)13(22)8-23-15-20-19-14(21(15)2)10-5-3-4-6-12(10)16/h3-6H,8,18H2,1-2H3/b11-9+. The molecule has 2 N–H and O–H groups in total. The molecule has 0 bridgehead atoms. The zero-order chi connectivity index (χ0) is 17.0. The van der Waals surface area contributed by atoms with Gasteiger partial charge < -0.3 is 10.3 Å². The molecular weight excluding hydrogens is 317 g/mol. The van der Waals surface area contributed by atoms with E-state index in [1.807, 2.05) is 0 Å². The molecule has 1 aromatic heterocycles. The summed E-state index contributed by atoms with van der Waals surface area (Å²) >= 11 is 1.11. The Kier molecular flexibility index (Phi) is 5.13. The number of nitrogens with two attached hydrogens (primary N) is 1. The number of hydrogen-bond donors (Lipinski definition) is 1. The topological polar surface area (TPSA) is 97.6 Å². The molecule has 0 unspecified atom stereocenters. The summed E-state index contributed by atoms with van der Waals surface area (Å²) in [4.78, 5) is 11.9. The summed E-state index contributed by atoms with van der Waals surface area (Å²) in [6.07, 6.45) is 0. The van der Waals surface area contributed by atoms with Crippen molar-refractivity contribution in [2.24, 2.45) is 12.8 Å². The molecule has 0 fully saturated rings. The zero-order valence-electron chi connectivity index (χ0n) is 12.6. The number of rotatable bonds is 5. The van der Waals surface area contributed by atoms with Crippen LogP contribution in [0, 0.1) is 17.1 Å². The van der Waals surface area contributed by atoms with E-state index in [0.29, 0.717) is 16.5 Å². The average molecular weight is 331 g/mol. The fraction of sp³-hybridized carbons (Fsp3) is 0.200. The molecule has 0 aliphatic heterocycles. The largest absolute Gasteiger partial charge is 0.401 e. The molecular formula is C15H14FN5OS. The van der Waals surface area contributed by atoms with Crippen molar-refractivity contribution < 1.29 is 9.18 Å². The van der Waals surface area contributed by atoms with Crippen LogP contribution in [0.3, 0.4) is 0 Å². The Morgan fingerprint density at radius 3 is 2.74 bits per heavy atom. The Morgan fingerprint density at radius 2 is 2.13 bits per heavy atom. The van der Waals surface area contributed by atoms with Crippen molar-refractivity contribution >= 4 is 17.5 Å². The van der Waals surface area contributed by atoms with Gasteiger partial charge in [0.1, 0.15) is 17.5 Å². The van der Waals surface area contributed by atoms with Gasteiger partial charge in [0, 0.05) is 12.7 Å². The van der Waals surface area contributed by atoms with Crippen LogP contribution in [0.25, 0.3) is 11.4 Å². The summed E-state index contributed by atoms with van der Waals surface area (Å²) in [5, 5.41) is 17.3. The first kappa shape index (κ1) is 16.7. The second-order valence-corrected chi connectivity index (χ2v) is 5.67. The number of aromatic nitrogens is 3. The summed E-state index contributed by atoms with van der Waals surface area (Å²) in [5.41, 5.74) is 5.95. The first-order chi connectivity index (χ1) is 11.0. The molecule has 0 aliphatic rings. The van der Waals surface area contributed by atoms with Crippen molar-refractivity contribution in [3.63, 3.8) is 0 Å². The second-order valence-electron chi connectivity index (χ2n) is 4.73. The van der Waals surface area contributed by atoms with Crippen molar-refractivity contribution in [1.82, 2.24) is 14.8 Å². The third kappa shape index (κ3) is 3.57. The van der Waals surface area contributed by atoms with Crippen molar-refractivity contribution in [3.8, 4) is 17.5 Å². The first-order valence-corrected chi connectivity index (χ1v) is 7.61. The maximum atomic E-state index is 13.8. The lowest BCUT2D eigenvalue weighted by Gasteiger charge is -2.04. The Hall–Kier alpha value is -2.66. The molecule has 0 spiro atoms. The van der Waals surface area contributed by atoms with Crippen LogP contribution in [0.1, 0.15) is 6.92 Å². The molecule has 0 amide bonds.